The molecule has 1 amide bonds. The Morgan fingerprint density at radius 3 is 2.60 bits per heavy atom. The number of ether oxygens (including phenoxy) is 2. The number of nitrogens with zero attached hydrogens (tertiary/aromatic N) is 1. The van der Waals surface area contributed by atoms with Gasteiger partial charge in [-0.1, -0.05) is 32.0 Å². The highest BCUT2D eigenvalue weighted by molar-refractivity contribution is 6.09. The van der Waals surface area contributed by atoms with Gasteiger partial charge in [0.2, 0.25) is 0 Å². The van der Waals surface area contributed by atoms with Crippen LogP contribution in [0.3, 0.4) is 0 Å². The first-order chi connectivity index (χ1) is 14.3. The molecule has 1 atom stereocenters. The van der Waals surface area contributed by atoms with Gasteiger partial charge in [-0.2, -0.15) is 0 Å². The summed E-state index contributed by atoms with van der Waals surface area (Å²) in [4.78, 5) is 41.2. The zero-order valence-electron chi connectivity index (χ0n) is 17.7. The maximum atomic E-state index is 13.4. The van der Waals surface area contributed by atoms with Crippen molar-refractivity contribution in [1.29, 1.82) is 0 Å². The third kappa shape index (κ3) is 3.09. The minimum absolute atomic E-state index is 0.0106. The fraction of sp³-hybridized carbons (Fsp3) is 0.435. The van der Waals surface area contributed by atoms with Crippen LogP contribution in [0.4, 0.5) is 0 Å². The largest absolute Gasteiger partial charge is 0.496 e. The van der Waals surface area contributed by atoms with Gasteiger partial charge in [-0.25, -0.2) is 4.79 Å². The van der Waals surface area contributed by atoms with Crippen molar-refractivity contribution in [3.05, 3.63) is 52.4 Å². The number of hydrogen-bond acceptors (Lipinski definition) is 6. The molecule has 0 aromatic heterocycles. The maximum absolute atomic E-state index is 13.4. The Morgan fingerprint density at radius 1 is 1.17 bits per heavy atom. The Bertz CT molecular complexity index is 1000. The molecule has 0 radical (unpaired) electrons. The van der Waals surface area contributed by atoms with E-state index in [1.807, 2.05) is 23.1 Å². The average molecular weight is 410 g/mol. The smallest absolute Gasteiger partial charge is 0.337 e. The molecule has 1 fully saturated rings. The number of nitrogens with one attached hydrogen (secondary N) is 1. The van der Waals surface area contributed by atoms with Crippen LogP contribution < -0.4 is 10.1 Å². The number of fused-ring (bicyclic) bond motifs is 2. The second kappa shape index (κ2) is 7.31. The Kier molecular flexibility index (Phi) is 4.92. The second-order valence-corrected chi connectivity index (χ2v) is 8.64. The molecule has 1 N–H and O–H groups in total. The summed E-state index contributed by atoms with van der Waals surface area (Å²) in [5.74, 6) is -1.12. The van der Waals surface area contributed by atoms with E-state index in [9.17, 15) is 14.4 Å². The standard InChI is InChI=1S/C23H26N2O5/c1-23(2)11-14-18(15(26)12-23)17(13-7-5-6-8-16(13)29-3)19(22(28)30-4)20-21(27)24-9-10-25(14)20/h5-8,17H,9-12H2,1-4H3,(H,24,27)/t17-/m1/s1. The van der Waals surface area contributed by atoms with Crippen molar-refractivity contribution in [2.45, 2.75) is 32.6 Å². The van der Waals surface area contributed by atoms with Crippen LogP contribution in [0.15, 0.2) is 46.8 Å². The lowest BCUT2D eigenvalue weighted by Crippen LogP contribution is -2.51. The third-order valence-electron chi connectivity index (χ3n) is 6.02. The summed E-state index contributed by atoms with van der Waals surface area (Å²) in [7, 11) is 2.84. The molecular weight excluding hydrogens is 384 g/mol. The molecule has 1 aromatic rings. The topological polar surface area (TPSA) is 84.9 Å². The Morgan fingerprint density at radius 2 is 1.90 bits per heavy atom. The van der Waals surface area contributed by atoms with E-state index in [1.54, 1.807) is 13.2 Å². The lowest BCUT2D eigenvalue weighted by molar-refractivity contribution is -0.137. The van der Waals surface area contributed by atoms with E-state index in [0.29, 0.717) is 42.8 Å². The van der Waals surface area contributed by atoms with Gasteiger partial charge >= 0.3 is 5.97 Å². The molecule has 2 aliphatic heterocycles. The van der Waals surface area contributed by atoms with E-state index >= 15 is 0 Å². The highest BCUT2D eigenvalue weighted by Gasteiger charge is 2.49. The van der Waals surface area contributed by atoms with Gasteiger partial charge in [0.15, 0.2) is 5.78 Å². The third-order valence-corrected chi connectivity index (χ3v) is 6.02. The summed E-state index contributed by atoms with van der Waals surface area (Å²) in [5.41, 5.74) is 2.29. The number of esters is 1. The number of allylic oxidation sites excluding steroid dienone is 2. The van der Waals surface area contributed by atoms with Gasteiger partial charge in [-0.15, -0.1) is 0 Å². The predicted octanol–water partition coefficient (Wildman–Crippen LogP) is 2.29. The molecule has 0 unspecified atom stereocenters. The number of amides is 1. The van der Waals surface area contributed by atoms with Crippen LogP contribution in [0, 0.1) is 5.41 Å². The monoisotopic (exact) mass is 410 g/mol. The van der Waals surface area contributed by atoms with Crippen molar-refractivity contribution in [3.63, 3.8) is 0 Å². The van der Waals surface area contributed by atoms with Crippen molar-refractivity contribution in [2.75, 3.05) is 27.3 Å². The number of rotatable bonds is 3. The molecule has 0 bridgehead atoms. The highest BCUT2D eigenvalue weighted by Crippen LogP contribution is 2.51. The fourth-order valence-electron chi connectivity index (χ4n) is 4.83. The molecular formula is C23H26N2O5. The van der Waals surface area contributed by atoms with Gasteiger partial charge in [0, 0.05) is 36.3 Å². The van der Waals surface area contributed by atoms with E-state index in [2.05, 4.69) is 19.2 Å². The summed E-state index contributed by atoms with van der Waals surface area (Å²) in [6, 6.07) is 7.29. The zero-order valence-corrected chi connectivity index (χ0v) is 17.7. The lowest BCUT2D eigenvalue weighted by Gasteiger charge is -2.46. The van der Waals surface area contributed by atoms with Gasteiger partial charge in [0.25, 0.3) is 5.91 Å². The molecule has 3 aliphatic rings. The Labute approximate surface area is 175 Å². The quantitative estimate of drug-likeness (QED) is 0.770. The van der Waals surface area contributed by atoms with Crippen LogP contribution in [0.2, 0.25) is 0 Å². The minimum Gasteiger partial charge on any atom is -0.496 e. The second-order valence-electron chi connectivity index (χ2n) is 8.64. The van der Waals surface area contributed by atoms with E-state index in [-0.39, 0.29) is 28.4 Å². The number of ketones is 1. The van der Waals surface area contributed by atoms with E-state index in [0.717, 1.165) is 5.70 Å². The maximum Gasteiger partial charge on any atom is 0.337 e. The van der Waals surface area contributed by atoms with Crippen LogP contribution in [0.25, 0.3) is 0 Å². The van der Waals surface area contributed by atoms with Gasteiger partial charge in [0.05, 0.1) is 25.7 Å². The van der Waals surface area contributed by atoms with Crippen LogP contribution in [0.1, 0.15) is 38.2 Å². The van der Waals surface area contributed by atoms with Crippen molar-refractivity contribution in [2.24, 2.45) is 5.41 Å². The number of para-hydroxylation sites is 1. The fourth-order valence-corrected chi connectivity index (χ4v) is 4.83. The van der Waals surface area contributed by atoms with Gasteiger partial charge < -0.3 is 19.7 Å². The van der Waals surface area contributed by atoms with Crippen molar-refractivity contribution in [1.82, 2.24) is 10.2 Å². The summed E-state index contributed by atoms with van der Waals surface area (Å²) < 4.78 is 10.6. The number of piperazine rings is 1. The molecule has 7 nitrogen and oxygen atoms in total. The highest BCUT2D eigenvalue weighted by atomic mass is 16.5. The van der Waals surface area contributed by atoms with Crippen LogP contribution >= 0.6 is 0 Å². The summed E-state index contributed by atoms with van der Waals surface area (Å²) in [5, 5.41) is 2.83. The number of hydrogen-bond donors (Lipinski definition) is 1. The molecule has 1 aromatic carbocycles. The van der Waals surface area contributed by atoms with Crippen LogP contribution in [-0.2, 0) is 19.1 Å². The minimum atomic E-state index is -0.720. The van der Waals surface area contributed by atoms with Crippen molar-refractivity contribution in [3.8, 4) is 5.75 Å². The molecule has 0 saturated carbocycles. The number of methoxy groups -OCH3 is 2. The number of carbonyl (C=O) groups excluding carboxylic acids is 3. The molecule has 1 saturated heterocycles. The van der Waals surface area contributed by atoms with Crippen molar-refractivity contribution < 1.29 is 23.9 Å². The SMILES string of the molecule is COC(=O)C1=C2C(=O)NCCN2C2=C(C(=O)CC(C)(C)C2)[C@H]1c1ccccc1OC. The summed E-state index contributed by atoms with van der Waals surface area (Å²) in [6.45, 7) is 5.05. The first kappa shape index (κ1) is 20.2. The number of carbonyl (C=O) groups is 3. The first-order valence-electron chi connectivity index (χ1n) is 10.1. The Balaban J connectivity index is 2.05. The van der Waals surface area contributed by atoms with Gasteiger partial charge in [-0.3, -0.25) is 9.59 Å². The van der Waals surface area contributed by atoms with Crippen LogP contribution in [-0.4, -0.2) is 49.9 Å². The van der Waals surface area contributed by atoms with Gasteiger partial charge in [0.1, 0.15) is 11.4 Å². The average Bonchev–Trinajstić information content (AvgIpc) is 2.72. The molecule has 2 heterocycles. The van der Waals surface area contributed by atoms with E-state index < -0.39 is 11.9 Å². The summed E-state index contributed by atoms with van der Waals surface area (Å²) >= 11 is 0. The number of benzene rings is 1. The predicted molar refractivity (Wildman–Crippen MR) is 110 cm³/mol. The van der Waals surface area contributed by atoms with E-state index in [4.69, 9.17) is 9.47 Å². The first-order valence-corrected chi connectivity index (χ1v) is 10.1. The molecule has 0 spiro atoms. The van der Waals surface area contributed by atoms with Crippen LogP contribution in [0.5, 0.6) is 5.75 Å². The Hall–Kier alpha value is -3.09. The summed E-state index contributed by atoms with van der Waals surface area (Å²) in [6.07, 6.45) is 1.02. The normalized spacial score (nSPS) is 22.9. The molecule has 1 aliphatic carbocycles. The number of Topliss-reactive ketones (excluding diaryl/α,β-unsaturated/α-hetero) is 1. The van der Waals surface area contributed by atoms with E-state index in [1.165, 1.54) is 7.11 Å². The van der Waals surface area contributed by atoms with Gasteiger partial charge in [-0.05, 0) is 17.9 Å². The molecule has 7 heteroatoms. The zero-order chi connectivity index (χ0) is 21.6. The molecule has 158 valence electrons. The lowest BCUT2D eigenvalue weighted by atomic mass is 9.67. The molecule has 4 rings (SSSR count). The molecule has 30 heavy (non-hydrogen) atoms. The van der Waals surface area contributed by atoms with Crippen molar-refractivity contribution >= 4 is 17.7 Å².